The molecule has 3 fully saturated rings. The standard InChI is InChI=1S/C28H30FN3O2.2C28H29FN2O2S/c1-2-34-28(33)32-24-9-10-25-21(16-24)14-19-12-13-30-27(19)26(25)11-8-23-7-6-20(17-31-23)18-4-3-5-22(29)15-18;1-2-33-28(32)31-24-9-10-25-20(14-24)12-21-16-34-17-27(21)26(25)11-8-23-7-6-19(15-30-23)18-4-3-5-22(29)13-18;1-2-33-28(32)31-23-9-10-24-20(15-23)16-27-26(12-13-34-27)25(24)11-8-22-7-6-19(17-30-22)18-4-3-5-21(29)14-18/h3-8,11-13,15,17,21,24-26,30H,2,9-10,14,16H2,1H3,(H,32,33);3-8,11,13,15-17,20,24-26H,2,9-10,12,14H2,1H3,(H,31,32);3-8,11-14,17,20,23-25H,2,9-10,15-16H2,1H3,(H,31,32)/b3*11-8+/t21-,24-,25-,26+;20-,24-,25-,26+;20-,23+,24+,25-/m110/s1. The number of H-pyrrole nitrogens is 1. The van der Waals surface area contributed by atoms with Crippen molar-refractivity contribution in [1.29, 1.82) is 0 Å². The van der Waals surface area contributed by atoms with E-state index < -0.39 is 0 Å². The average Bonchev–Trinajstić information content (AvgIpc) is 1.29. The molecule has 3 amide bonds. The van der Waals surface area contributed by atoms with Crippen LogP contribution in [0.15, 0.2) is 180 Å². The first-order valence-electron chi connectivity index (χ1n) is 36.1. The van der Waals surface area contributed by atoms with Crippen molar-refractivity contribution in [3.05, 3.63) is 248 Å². The number of hydrogen-bond donors (Lipinski definition) is 4. The van der Waals surface area contributed by atoms with Gasteiger partial charge in [0.2, 0.25) is 0 Å². The number of aromatic amines is 1. The highest BCUT2D eigenvalue weighted by atomic mass is 32.1. The number of rotatable bonds is 15. The highest BCUT2D eigenvalue weighted by Gasteiger charge is 2.43. The number of alkyl carbamates (subject to hydrolysis) is 3. The lowest BCUT2D eigenvalue weighted by atomic mass is 9.63. The number of aromatic nitrogens is 4. The van der Waals surface area contributed by atoms with Gasteiger partial charge in [0.1, 0.15) is 17.5 Å². The first-order chi connectivity index (χ1) is 49.8. The maximum atomic E-state index is 13.6. The van der Waals surface area contributed by atoms with Crippen LogP contribution in [0.5, 0.6) is 0 Å². The third-order valence-electron chi connectivity index (χ3n) is 21.4. The van der Waals surface area contributed by atoms with Crippen LogP contribution in [-0.4, -0.2) is 76.2 Å². The Kier molecular flexibility index (Phi) is 23.4. The number of pyridine rings is 3. The van der Waals surface area contributed by atoms with Crippen molar-refractivity contribution in [2.75, 3.05) is 19.8 Å². The van der Waals surface area contributed by atoms with E-state index in [1.165, 1.54) is 69.2 Å². The summed E-state index contributed by atoms with van der Waals surface area (Å²) in [4.78, 5) is 54.5. The molecule has 18 heteroatoms. The second kappa shape index (κ2) is 33.6. The normalized spacial score (nSPS) is 23.8. The van der Waals surface area contributed by atoms with E-state index in [1.807, 2.05) is 92.9 Å². The smallest absolute Gasteiger partial charge is 0.407 e. The van der Waals surface area contributed by atoms with Gasteiger partial charge in [0.25, 0.3) is 0 Å². The van der Waals surface area contributed by atoms with E-state index in [0.717, 1.165) is 128 Å². The number of carbonyl (C=O) groups is 3. The van der Waals surface area contributed by atoms with Crippen LogP contribution in [-0.2, 0) is 33.5 Å². The molecule has 4 N–H and O–H groups in total. The van der Waals surface area contributed by atoms with Gasteiger partial charge in [0, 0.05) is 87.9 Å². The fraction of sp³-hybridized carbons (Fsp3) is 0.357. The summed E-state index contributed by atoms with van der Waals surface area (Å²) < 4.78 is 55.9. The van der Waals surface area contributed by atoms with Gasteiger partial charge in [-0.1, -0.05) is 72.8 Å². The quantitative estimate of drug-likeness (QED) is 0.0730. The third kappa shape index (κ3) is 17.6. The molecule has 6 aliphatic carbocycles. The molecule has 0 unspecified atom stereocenters. The number of ether oxygens (including phenoxy) is 3. The largest absolute Gasteiger partial charge is 0.450 e. The zero-order chi connectivity index (χ0) is 70.5. The molecule has 6 heterocycles. The first-order valence-corrected chi connectivity index (χ1v) is 37.9. The molecule has 0 spiro atoms. The molecule has 0 saturated heterocycles. The lowest BCUT2D eigenvalue weighted by Gasteiger charge is -2.43. The van der Waals surface area contributed by atoms with E-state index in [1.54, 1.807) is 48.1 Å². The lowest BCUT2D eigenvalue weighted by Crippen LogP contribution is -2.44. The minimum Gasteiger partial charge on any atom is -0.450 e. The topological polar surface area (TPSA) is 169 Å². The maximum absolute atomic E-state index is 13.6. The van der Waals surface area contributed by atoms with Gasteiger partial charge in [0.05, 0.1) is 36.9 Å². The highest BCUT2D eigenvalue weighted by Crippen LogP contribution is 2.52. The molecule has 528 valence electrons. The van der Waals surface area contributed by atoms with Crippen LogP contribution in [0.25, 0.3) is 51.6 Å². The van der Waals surface area contributed by atoms with Gasteiger partial charge in [-0.25, -0.2) is 27.6 Å². The number of thiophene rings is 2. The molecule has 3 aromatic carbocycles. The van der Waals surface area contributed by atoms with Crippen LogP contribution in [0.4, 0.5) is 27.6 Å². The van der Waals surface area contributed by atoms with Crippen LogP contribution < -0.4 is 16.0 Å². The number of amides is 3. The zero-order valence-corrected chi connectivity index (χ0v) is 59.5. The van der Waals surface area contributed by atoms with Crippen molar-refractivity contribution in [3.63, 3.8) is 0 Å². The van der Waals surface area contributed by atoms with E-state index >= 15 is 0 Å². The summed E-state index contributed by atoms with van der Waals surface area (Å²) in [5.41, 5.74) is 14.8. The number of fused-ring (bicyclic) bond motifs is 6. The number of hydrogen-bond acceptors (Lipinski definition) is 11. The molecule has 0 bridgehead atoms. The third-order valence-corrected chi connectivity index (χ3v) is 23.2. The molecule has 12 atom stereocenters. The molecule has 102 heavy (non-hydrogen) atoms. The minimum absolute atomic E-state index is 0.169. The zero-order valence-electron chi connectivity index (χ0n) is 57.8. The van der Waals surface area contributed by atoms with Gasteiger partial charge in [-0.15, -0.1) is 11.3 Å². The summed E-state index contributed by atoms with van der Waals surface area (Å²) in [5, 5.41) is 15.9. The van der Waals surface area contributed by atoms with E-state index in [-0.39, 0.29) is 59.8 Å². The molecule has 6 aromatic heterocycles. The Labute approximate surface area is 603 Å². The number of halogens is 3. The van der Waals surface area contributed by atoms with E-state index in [2.05, 4.69) is 101 Å². The van der Waals surface area contributed by atoms with Gasteiger partial charge in [-0.05, 0) is 273 Å². The Bertz CT molecular complexity index is 3960. The fourth-order valence-electron chi connectivity index (χ4n) is 16.7. The number of benzene rings is 3. The van der Waals surface area contributed by atoms with E-state index in [0.29, 0.717) is 67.2 Å². The Balaban J connectivity index is 0.000000137. The van der Waals surface area contributed by atoms with Crippen molar-refractivity contribution in [2.24, 2.45) is 35.5 Å². The van der Waals surface area contributed by atoms with Gasteiger partial charge in [-0.2, -0.15) is 11.3 Å². The first kappa shape index (κ1) is 71.0. The van der Waals surface area contributed by atoms with Gasteiger partial charge < -0.3 is 35.1 Å². The molecule has 3 saturated carbocycles. The van der Waals surface area contributed by atoms with Crippen LogP contribution >= 0.6 is 22.7 Å². The van der Waals surface area contributed by atoms with Crippen LogP contribution in [0, 0.1) is 53.0 Å². The Hall–Kier alpha value is -9.39. The Morgan fingerprint density at radius 3 is 1.33 bits per heavy atom. The molecule has 15 rings (SSSR count). The van der Waals surface area contributed by atoms with E-state index in [9.17, 15) is 27.6 Å². The summed E-state index contributed by atoms with van der Waals surface area (Å²) >= 11 is 3.61. The molecule has 0 radical (unpaired) electrons. The highest BCUT2D eigenvalue weighted by molar-refractivity contribution is 7.10. The second-order valence-electron chi connectivity index (χ2n) is 27.7. The lowest BCUT2D eigenvalue weighted by molar-refractivity contribution is 0.128. The van der Waals surface area contributed by atoms with Crippen molar-refractivity contribution in [2.45, 2.75) is 134 Å². The predicted octanol–water partition coefficient (Wildman–Crippen LogP) is 19.8. The molecule has 6 aliphatic rings. The predicted molar refractivity (Wildman–Crippen MR) is 399 cm³/mol. The van der Waals surface area contributed by atoms with Crippen molar-refractivity contribution < 1.29 is 41.8 Å². The number of nitrogens with one attached hydrogen (secondary N) is 4. The monoisotopic (exact) mass is 1410 g/mol. The average molecular weight is 1410 g/mol. The molecular weight excluding hydrogens is 1320 g/mol. The minimum atomic E-state index is -0.312. The summed E-state index contributed by atoms with van der Waals surface area (Å²) in [6.07, 6.45) is 32.0. The van der Waals surface area contributed by atoms with Crippen molar-refractivity contribution in [3.8, 4) is 33.4 Å². The fourth-order valence-corrected chi connectivity index (χ4v) is 18.7. The van der Waals surface area contributed by atoms with E-state index in [4.69, 9.17) is 14.2 Å². The van der Waals surface area contributed by atoms with Crippen molar-refractivity contribution >= 4 is 59.2 Å². The van der Waals surface area contributed by atoms with Gasteiger partial charge in [-0.3, -0.25) is 15.0 Å². The molecule has 9 aromatic rings. The summed E-state index contributed by atoms with van der Waals surface area (Å²) in [7, 11) is 0. The number of nitrogens with zero attached hydrogens (tertiary/aromatic N) is 3. The summed E-state index contributed by atoms with van der Waals surface area (Å²) in [6, 6.07) is 36.7. The molecule has 0 aliphatic heterocycles. The molecule has 13 nitrogen and oxygen atoms in total. The van der Waals surface area contributed by atoms with Gasteiger partial charge >= 0.3 is 18.3 Å². The number of allylic oxidation sites excluding steroid dienone is 3. The van der Waals surface area contributed by atoms with Crippen molar-refractivity contribution in [1.82, 2.24) is 35.9 Å². The Morgan fingerprint density at radius 1 is 0.480 bits per heavy atom. The summed E-state index contributed by atoms with van der Waals surface area (Å²) in [6.45, 7) is 6.67. The van der Waals surface area contributed by atoms with Gasteiger partial charge in [0.15, 0.2) is 0 Å². The SMILES string of the molecule is CCOC(=O)N[C@@H]1CC[C@@H]2[C@H](Cc3cc[nH]c3[C@H]2/C=C/c2ccc(-c3cccc(F)c3)cn2)C1.CCOC(=O)N[C@@H]1CC[C@@H]2[C@H](Cc3cscc3[C@H]2/C=C/c2ccc(-c3cccc(F)c3)cn2)C1.CCOC(=O)N[C@@H]1CC[C@@H]2[C@H](Cc3sccc3[C@H]2/C=C/c2ccc(-c3cccc(F)c3)cn2)C1. The molecular formula is C84H88F3N7O6S2. The van der Waals surface area contributed by atoms with Crippen LogP contribution in [0.2, 0.25) is 0 Å². The van der Waals surface area contributed by atoms with Crippen LogP contribution in [0.1, 0.15) is 146 Å². The second-order valence-corrected chi connectivity index (χ2v) is 29.4. The number of carbonyl (C=O) groups excluding carboxylic acids is 3. The van der Waals surface area contributed by atoms with Crippen LogP contribution in [0.3, 0.4) is 0 Å². The maximum Gasteiger partial charge on any atom is 0.407 e. The Morgan fingerprint density at radius 2 is 0.902 bits per heavy atom. The summed E-state index contributed by atoms with van der Waals surface area (Å²) in [5.74, 6) is 3.51.